The molecule has 0 fully saturated rings. The molecule has 0 saturated heterocycles. The molecular formula is C14H14ClNO. The van der Waals surface area contributed by atoms with Gasteiger partial charge in [0.15, 0.2) is 0 Å². The zero-order valence-corrected chi connectivity index (χ0v) is 10.5. The van der Waals surface area contributed by atoms with E-state index in [0.717, 1.165) is 41.6 Å². The Morgan fingerprint density at radius 3 is 3.06 bits per heavy atom. The van der Waals surface area contributed by atoms with Gasteiger partial charge in [0.05, 0.1) is 18.0 Å². The molecule has 0 radical (unpaired) electrons. The molecule has 1 heterocycles. The van der Waals surface area contributed by atoms with Crippen LogP contribution in [0.5, 0.6) is 5.75 Å². The summed E-state index contributed by atoms with van der Waals surface area (Å²) in [5.74, 6) is 0.862. The lowest BCUT2D eigenvalue weighted by Gasteiger charge is -2.20. The van der Waals surface area contributed by atoms with Gasteiger partial charge in [-0.2, -0.15) is 0 Å². The first-order chi connectivity index (χ1) is 8.28. The Morgan fingerprint density at radius 1 is 1.35 bits per heavy atom. The highest BCUT2D eigenvalue weighted by atomic mass is 35.5. The molecule has 88 valence electrons. The highest BCUT2D eigenvalue weighted by Gasteiger charge is 2.19. The number of nitrogens with zero attached hydrogens (tertiary/aromatic N) is 1. The number of hydrogen-bond acceptors (Lipinski definition) is 2. The molecule has 2 aromatic rings. The second-order valence-electron chi connectivity index (χ2n) is 4.44. The predicted molar refractivity (Wildman–Crippen MR) is 69.8 cm³/mol. The molecule has 0 amide bonds. The third-order valence-corrected chi connectivity index (χ3v) is 3.80. The topological polar surface area (TPSA) is 22.1 Å². The van der Waals surface area contributed by atoms with Crippen molar-refractivity contribution in [2.24, 2.45) is 0 Å². The zero-order chi connectivity index (χ0) is 11.8. The number of benzene rings is 1. The van der Waals surface area contributed by atoms with E-state index >= 15 is 0 Å². The van der Waals surface area contributed by atoms with Crippen LogP contribution in [0.1, 0.15) is 29.5 Å². The third kappa shape index (κ3) is 1.87. The van der Waals surface area contributed by atoms with Gasteiger partial charge in [-0.1, -0.05) is 0 Å². The summed E-state index contributed by atoms with van der Waals surface area (Å²) in [6, 6.07) is 8.13. The molecule has 0 spiro atoms. The number of aromatic nitrogens is 1. The Morgan fingerprint density at radius 2 is 2.24 bits per heavy atom. The van der Waals surface area contributed by atoms with Crippen LogP contribution in [0.25, 0.3) is 10.9 Å². The first-order valence-electron chi connectivity index (χ1n) is 5.89. The molecule has 2 nitrogen and oxygen atoms in total. The van der Waals surface area contributed by atoms with Gasteiger partial charge in [-0.3, -0.25) is 4.98 Å². The van der Waals surface area contributed by atoms with Crippen LogP contribution in [0.4, 0.5) is 0 Å². The number of rotatable bonds is 1. The molecule has 17 heavy (non-hydrogen) atoms. The molecule has 1 unspecified atom stereocenters. The van der Waals surface area contributed by atoms with Crippen molar-refractivity contribution >= 4 is 22.5 Å². The summed E-state index contributed by atoms with van der Waals surface area (Å²) in [6.07, 6.45) is 3.22. The van der Waals surface area contributed by atoms with Crippen LogP contribution in [0.3, 0.4) is 0 Å². The maximum absolute atomic E-state index is 6.35. The Balaban J connectivity index is 2.20. The summed E-state index contributed by atoms with van der Waals surface area (Å²) in [6.45, 7) is 0. The van der Waals surface area contributed by atoms with Gasteiger partial charge in [0.25, 0.3) is 0 Å². The second-order valence-corrected chi connectivity index (χ2v) is 4.97. The number of halogens is 1. The SMILES string of the molecule is COc1ccc2nc3c(cc2c1)C(Cl)CCC3. The highest BCUT2D eigenvalue weighted by molar-refractivity contribution is 6.21. The molecule has 3 rings (SSSR count). The van der Waals surface area contributed by atoms with Gasteiger partial charge in [-0.15, -0.1) is 11.6 Å². The zero-order valence-electron chi connectivity index (χ0n) is 9.74. The molecule has 0 bridgehead atoms. The fourth-order valence-electron chi connectivity index (χ4n) is 2.41. The van der Waals surface area contributed by atoms with Crippen molar-refractivity contribution in [2.45, 2.75) is 24.6 Å². The van der Waals surface area contributed by atoms with Gasteiger partial charge in [0.2, 0.25) is 0 Å². The van der Waals surface area contributed by atoms with Gasteiger partial charge in [-0.25, -0.2) is 0 Å². The molecule has 0 saturated carbocycles. The standard InChI is InChI=1S/C14H14ClNO/c1-17-10-5-6-13-9(7-10)8-11-12(15)3-2-4-14(11)16-13/h5-8,12H,2-4H2,1H3. The van der Waals surface area contributed by atoms with Gasteiger partial charge >= 0.3 is 0 Å². The Labute approximate surface area is 106 Å². The minimum absolute atomic E-state index is 0.113. The van der Waals surface area contributed by atoms with Crippen molar-refractivity contribution in [1.82, 2.24) is 4.98 Å². The lowest BCUT2D eigenvalue weighted by atomic mass is 9.94. The summed E-state index contributed by atoms with van der Waals surface area (Å²) in [5, 5.41) is 1.22. The van der Waals surface area contributed by atoms with Gasteiger partial charge in [0.1, 0.15) is 5.75 Å². The number of alkyl halides is 1. The van der Waals surface area contributed by atoms with Crippen LogP contribution in [0, 0.1) is 0 Å². The van der Waals surface area contributed by atoms with E-state index in [1.165, 1.54) is 5.56 Å². The molecule has 1 aromatic heterocycles. The van der Waals surface area contributed by atoms with Crippen LogP contribution in [-0.4, -0.2) is 12.1 Å². The Hall–Kier alpha value is -1.28. The van der Waals surface area contributed by atoms with Gasteiger partial charge in [-0.05, 0) is 49.1 Å². The molecule has 0 N–H and O–H groups in total. The first-order valence-corrected chi connectivity index (χ1v) is 6.33. The fraction of sp³-hybridized carbons (Fsp3) is 0.357. The minimum Gasteiger partial charge on any atom is -0.497 e. The van der Waals surface area contributed by atoms with Crippen molar-refractivity contribution in [3.05, 3.63) is 35.5 Å². The van der Waals surface area contributed by atoms with Crippen molar-refractivity contribution in [2.75, 3.05) is 7.11 Å². The van der Waals surface area contributed by atoms with Crippen LogP contribution in [0.2, 0.25) is 0 Å². The summed E-state index contributed by atoms with van der Waals surface area (Å²) >= 11 is 6.35. The van der Waals surface area contributed by atoms with Crippen molar-refractivity contribution < 1.29 is 4.74 Å². The lowest BCUT2D eigenvalue weighted by Crippen LogP contribution is -2.07. The van der Waals surface area contributed by atoms with E-state index in [1.807, 2.05) is 18.2 Å². The number of pyridine rings is 1. The largest absolute Gasteiger partial charge is 0.497 e. The smallest absolute Gasteiger partial charge is 0.119 e. The molecule has 1 aliphatic carbocycles. The Bertz CT molecular complexity index is 567. The van der Waals surface area contributed by atoms with Crippen LogP contribution >= 0.6 is 11.6 Å². The van der Waals surface area contributed by atoms with Gasteiger partial charge in [0, 0.05) is 11.1 Å². The second kappa shape index (κ2) is 4.19. The van der Waals surface area contributed by atoms with E-state index in [0.29, 0.717) is 0 Å². The van der Waals surface area contributed by atoms with E-state index in [-0.39, 0.29) is 5.38 Å². The third-order valence-electron chi connectivity index (χ3n) is 3.34. The monoisotopic (exact) mass is 247 g/mol. The van der Waals surface area contributed by atoms with Crippen LogP contribution in [-0.2, 0) is 6.42 Å². The molecule has 3 heteroatoms. The number of aryl methyl sites for hydroxylation is 1. The highest BCUT2D eigenvalue weighted by Crippen LogP contribution is 2.35. The fourth-order valence-corrected chi connectivity index (χ4v) is 2.76. The molecular weight excluding hydrogens is 234 g/mol. The van der Waals surface area contributed by atoms with E-state index < -0.39 is 0 Å². The quantitative estimate of drug-likeness (QED) is 0.714. The number of hydrogen-bond donors (Lipinski definition) is 0. The molecule has 1 aromatic carbocycles. The predicted octanol–water partition coefficient (Wildman–Crippen LogP) is 3.86. The first kappa shape index (κ1) is 10.8. The summed E-state index contributed by atoms with van der Waals surface area (Å²) in [7, 11) is 1.68. The van der Waals surface area contributed by atoms with Crippen LogP contribution in [0.15, 0.2) is 24.3 Å². The molecule has 1 aliphatic rings. The average molecular weight is 248 g/mol. The van der Waals surface area contributed by atoms with Crippen LogP contribution < -0.4 is 4.74 Å². The number of methoxy groups -OCH3 is 1. The summed E-state index contributed by atoms with van der Waals surface area (Å²) in [4.78, 5) is 4.70. The van der Waals surface area contributed by atoms with E-state index in [4.69, 9.17) is 21.3 Å². The van der Waals surface area contributed by atoms with Crippen molar-refractivity contribution in [1.29, 1.82) is 0 Å². The van der Waals surface area contributed by atoms with E-state index in [2.05, 4.69) is 6.07 Å². The summed E-state index contributed by atoms with van der Waals surface area (Å²) < 4.78 is 5.23. The molecule has 0 aliphatic heterocycles. The maximum atomic E-state index is 6.35. The summed E-state index contributed by atoms with van der Waals surface area (Å²) in [5.41, 5.74) is 3.38. The molecule has 1 atom stereocenters. The van der Waals surface area contributed by atoms with Gasteiger partial charge < -0.3 is 4.74 Å². The maximum Gasteiger partial charge on any atom is 0.119 e. The number of ether oxygens (including phenoxy) is 1. The van der Waals surface area contributed by atoms with E-state index in [9.17, 15) is 0 Å². The lowest BCUT2D eigenvalue weighted by molar-refractivity contribution is 0.415. The van der Waals surface area contributed by atoms with Crippen molar-refractivity contribution in [3.63, 3.8) is 0 Å². The average Bonchev–Trinajstić information content (AvgIpc) is 2.37. The minimum atomic E-state index is 0.113. The number of fused-ring (bicyclic) bond motifs is 2. The Kier molecular flexibility index (Phi) is 2.67. The normalized spacial score (nSPS) is 19.1. The van der Waals surface area contributed by atoms with E-state index in [1.54, 1.807) is 7.11 Å². The van der Waals surface area contributed by atoms with Crippen molar-refractivity contribution in [3.8, 4) is 5.75 Å².